The van der Waals surface area contributed by atoms with Crippen LogP contribution < -0.4 is 0 Å². The van der Waals surface area contributed by atoms with E-state index in [0.717, 1.165) is 0 Å². The standard InChI is InChI=1S/C11H20O2/c1-9(2)6-7-13-11(12-5)8-10(3)4/h6,8,11H,7H2,1-5H3. The lowest BCUT2D eigenvalue weighted by Crippen LogP contribution is -2.12. The molecular formula is C11H20O2. The van der Waals surface area contributed by atoms with Gasteiger partial charge in [-0.1, -0.05) is 17.2 Å². The molecule has 0 rings (SSSR count). The van der Waals surface area contributed by atoms with Gasteiger partial charge in [-0.2, -0.15) is 0 Å². The van der Waals surface area contributed by atoms with Crippen molar-refractivity contribution in [2.24, 2.45) is 0 Å². The molecule has 1 atom stereocenters. The molecule has 0 aliphatic rings. The fraction of sp³-hybridized carbons (Fsp3) is 0.636. The molecule has 0 saturated carbocycles. The first-order valence-corrected chi connectivity index (χ1v) is 4.49. The van der Waals surface area contributed by atoms with Crippen molar-refractivity contribution in [3.63, 3.8) is 0 Å². The maximum Gasteiger partial charge on any atom is 0.177 e. The van der Waals surface area contributed by atoms with Crippen LogP contribution in [0, 0.1) is 0 Å². The molecule has 0 aromatic heterocycles. The molecule has 0 aromatic carbocycles. The molecule has 0 spiro atoms. The second kappa shape index (κ2) is 6.87. The quantitative estimate of drug-likeness (QED) is 0.483. The summed E-state index contributed by atoms with van der Waals surface area (Å²) in [6.45, 7) is 8.75. The Balaban J connectivity index is 3.86. The van der Waals surface area contributed by atoms with Gasteiger partial charge in [0.05, 0.1) is 6.61 Å². The predicted molar refractivity (Wildman–Crippen MR) is 55.6 cm³/mol. The van der Waals surface area contributed by atoms with Crippen LogP contribution in [0.2, 0.25) is 0 Å². The molecule has 0 N–H and O–H groups in total. The Morgan fingerprint density at radius 1 is 1.15 bits per heavy atom. The number of hydrogen-bond acceptors (Lipinski definition) is 2. The second-order valence-corrected chi connectivity index (χ2v) is 3.46. The molecular weight excluding hydrogens is 164 g/mol. The molecule has 2 heteroatoms. The second-order valence-electron chi connectivity index (χ2n) is 3.46. The average Bonchev–Trinajstić information content (AvgIpc) is 2.01. The first-order chi connectivity index (χ1) is 6.06. The molecule has 0 radical (unpaired) electrons. The van der Waals surface area contributed by atoms with Crippen molar-refractivity contribution in [1.82, 2.24) is 0 Å². The number of ether oxygens (including phenoxy) is 2. The van der Waals surface area contributed by atoms with E-state index in [1.54, 1.807) is 7.11 Å². The lowest BCUT2D eigenvalue weighted by atomic mass is 10.3. The molecule has 13 heavy (non-hydrogen) atoms. The fourth-order valence-electron chi connectivity index (χ4n) is 0.766. The van der Waals surface area contributed by atoms with Crippen molar-refractivity contribution in [3.8, 4) is 0 Å². The van der Waals surface area contributed by atoms with Crippen molar-refractivity contribution < 1.29 is 9.47 Å². The maximum atomic E-state index is 5.44. The Morgan fingerprint density at radius 3 is 2.15 bits per heavy atom. The highest BCUT2D eigenvalue weighted by Gasteiger charge is 2.00. The van der Waals surface area contributed by atoms with Crippen molar-refractivity contribution in [2.75, 3.05) is 13.7 Å². The summed E-state index contributed by atoms with van der Waals surface area (Å²) in [7, 11) is 1.65. The lowest BCUT2D eigenvalue weighted by Gasteiger charge is -2.11. The lowest BCUT2D eigenvalue weighted by molar-refractivity contribution is -0.0811. The first-order valence-electron chi connectivity index (χ1n) is 4.49. The minimum Gasteiger partial charge on any atom is -0.352 e. The largest absolute Gasteiger partial charge is 0.352 e. The number of methoxy groups -OCH3 is 1. The van der Waals surface area contributed by atoms with E-state index in [2.05, 4.69) is 0 Å². The number of allylic oxidation sites excluding steroid dienone is 2. The van der Waals surface area contributed by atoms with Crippen LogP contribution in [0.5, 0.6) is 0 Å². The van der Waals surface area contributed by atoms with Crippen LogP contribution >= 0.6 is 0 Å². The van der Waals surface area contributed by atoms with Gasteiger partial charge in [-0.25, -0.2) is 0 Å². The third-order valence-corrected chi connectivity index (χ3v) is 1.45. The summed E-state index contributed by atoms with van der Waals surface area (Å²) >= 11 is 0. The van der Waals surface area contributed by atoms with E-state index in [1.165, 1.54) is 11.1 Å². The summed E-state index contributed by atoms with van der Waals surface area (Å²) in [6.07, 6.45) is 3.77. The molecule has 0 amide bonds. The summed E-state index contributed by atoms with van der Waals surface area (Å²) in [5, 5.41) is 0. The van der Waals surface area contributed by atoms with Gasteiger partial charge < -0.3 is 9.47 Å². The molecule has 0 saturated heterocycles. The summed E-state index contributed by atoms with van der Waals surface area (Å²) in [6, 6.07) is 0. The molecule has 1 unspecified atom stereocenters. The number of rotatable bonds is 5. The first kappa shape index (κ1) is 12.4. The summed E-state index contributed by atoms with van der Waals surface area (Å²) < 4.78 is 10.6. The van der Waals surface area contributed by atoms with Crippen LogP contribution in [0.15, 0.2) is 23.3 Å². The zero-order chi connectivity index (χ0) is 10.3. The van der Waals surface area contributed by atoms with Crippen LogP contribution in [-0.4, -0.2) is 20.0 Å². The zero-order valence-electron chi connectivity index (χ0n) is 9.26. The van der Waals surface area contributed by atoms with Crippen molar-refractivity contribution in [1.29, 1.82) is 0 Å². The van der Waals surface area contributed by atoms with Crippen molar-refractivity contribution in [2.45, 2.75) is 34.0 Å². The van der Waals surface area contributed by atoms with Crippen LogP contribution in [0.1, 0.15) is 27.7 Å². The van der Waals surface area contributed by atoms with Gasteiger partial charge in [-0.15, -0.1) is 0 Å². The number of hydrogen-bond donors (Lipinski definition) is 0. The van der Waals surface area contributed by atoms with Gasteiger partial charge in [0.15, 0.2) is 6.29 Å². The maximum absolute atomic E-state index is 5.44. The third-order valence-electron chi connectivity index (χ3n) is 1.45. The Hall–Kier alpha value is -0.600. The molecule has 0 fully saturated rings. The Kier molecular flexibility index (Phi) is 6.55. The van der Waals surface area contributed by atoms with E-state index < -0.39 is 0 Å². The SMILES string of the molecule is COC(C=C(C)C)OCC=C(C)C. The molecule has 0 aliphatic carbocycles. The van der Waals surface area contributed by atoms with Gasteiger partial charge in [0, 0.05) is 7.11 Å². The van der Waals surface area contributed by atoms with Gasteiger partial charge in [0.1, 0.15) is 0 Å². The van der Waals surface area contributed by atoms with Gasteiger partial charge in [0.2, 0.25) is 0 Å². The predicted octanol–water partition coefficient (Wildman–Crippen LogP) is 2.91. The highest BCUT2D eigenvalue weighted by atomic mass is 16.7. The van der Waals surface area contributed by atoms with Gasteiger partial charge in [-0.05, 0) is 33.8 Å². The molecule has 0 aliphatic heterocycles. The highest BCUT2D eigenvalue weighted by Crippen LogP contribution is 2.01. The minimum absolute atomic E-state index is 0.222. The van der Waals surface area contributed by atoms with E-state index in [0.29, 0.717) is 6.61 Å². The topological polar surface area (TPSA) is 18.5 Å². The highest BCUT2D eigenvalue weighted by molar-refractivity contribution is 4.97. The van der Waals surface area contributed by atoms with Crippen molar-refractivity contribution in [3.05, 3.63) is 23.3 Å². The van der Waals surface area contributed by atoms with E-state index in [-0.39, 0.29) is 6.29 Å². The van der Waals surface area contributed by atoms with E-state index in [4.69, 9.17) is 9.47 Å². The minimum atomic E-state index is -0.222. The van der Waals surface area contributed by atoms with Crippen molar-refractivity contribution >= 4 is 0 Å². The van der Waals surface area contributed by atoms with E-state index in [9.17, 15) is 0 Å². The smallest absolute Gasteiger partial charge is 0.177 e. The average molecular weight is 184 g/mol. The summed E-state index contributed by atoms with van der Waals surface area (Å²) in [5.41, 5.74) is 2.45. The molecule has 2 nitrogen and oxygen atoms in total. The van der Waals surface area contributed by atoms with Gasteiger partial charge in [0.25, 0.3) is 0 Å². The Labute approximate surface area is 81.2 Å². The molecule has 0 bridgehead atoms. The van der Waals surface area contributed by atoms with E-state index >= 15 is 0 Å². The van der Waals surface area contributed by atoms with Crippen LogP contribution in [0.3, 0.4) is 0 Å². The monoisotopic (exact) mass is 184 g/mol. The molecule has 0 aromatic rings. The van der Waals surface area contributed by atoms with Gasteiger partial charge >= 0.3 is 0 Å². The summed E-state index contributed by atoms with van der Waals surface area (Å²) in [4.78, 5) is 0. The molecule has 0 heterocycles. The molecule has 76 valence electrons. The van der Waals surface area contributed by atoms with Crippen LogP contribution in [-0.2, 0) is 9.47 Å². The Bertz CT molecular complexity index is 184. The fourth-order valence-corrected chi connectivity index (χ4v) is 0.766. The van der Waals surface area contributed by atoms with Crippen LogP contribution in [0.25, 0.3) is 0 Å². The zero-order valence-corrected chi connectivity index (χ0v) is 9.26. The third kappa shape index (κ3) is 7.75. The van der Waals surface area contributed by atoms with Gasteiger partial charge in [-0.3, -0.25) is 0 Å². The van der Waals surface area contributed by atoms with Crippen LogP contribution in [0.4, 0.5) is 0 Å². The van der Waals surface area contributed by atoms with E-state index in [1.807, 2.05) is 39.8 Å². The normalized spacial score (nSPS) is 12.1. The summed E-state index contributed by atoms with van der Waals surface area (Å²) in [5.74, 6) is 0. The Morgan fingerprint density at radius 2 is 1.77 bits per heavy atom.